The maximum Gasteiger partial charge on any atom is 0.330 e. The van der Waals surface area contributed by atoms with Crippen molar-refractivity contribution in [2.45, 2.75) is 72.1 Å². The van der Waals surface area contributed by atoms with Crippen molar-refractivity contribution in [3.63, 3.8) is 0 Å². The Balaban J connectivity index is 3.50. The zero-order chi connectivity index (χ0) is 13.1. The molecule has 0 saturated carbocycles. The second kappa shape index (κ2) is 10.4. The van der Waals surface area contributed by atoms with E-state index in [1.807, 2.05) is 6.08 Å². The molecule has 0 aromatic rings. The molecule has 17 heavy (non-hydrogen) atoms. The first kappa shape index (κ1) is 16.2. The minimum atomic E-state index is -0.795. The fourth-order valence-corrected chi connectivity index (χ4v) is 1.86. The third kappa shape index (κ3) is 10.1. The van der Waals surface area contributed by atoms with Crippen molar-refractivity contribution in [2.75, 3.05) is 0 Å². The maximum absolute atomic E-state index is 10.6. The summed E-state index contributed by atoms with van der Waals surface area (Å²) in [5.41, 5.74) is 0.472. The first-order valence-electron chi connectivity index (χ1n) is 6.98. The van der Waals surface area contributed by atoms with E-state index < -0.39 is 5.97 Å². The molecule has 0 rings (SSSR count). The Morgan fingerprint density at radius 1 is 1.18 bits per heavy atom. The third-order valence-electron chi connectivity index (χ3n) is 3.21. The normalized spacial score (nSPS) is 13.7. The lowest BCUT2D eigenvalue weighted by molar-refractivity contribution is -0.132. The average molecular weight is 240 g/mol. The van der Waals surface area contributed by atoms with Crippen LogP contribution in [0.25, 0.3) is 0 Å². The Morgan fingerprint density at radius 3 is 2.35 bits per heavy atom. The van der Waals surface area contributed by atoms with E-state index in [2.05, 4.69) is 13.8 Å². The number of unbranched alkanes of at least 4 members (excludes halogenated alkanes) is 5. The standard InChI is InChI=1S/C15H28O2/c1-4-5-6-7-8-9-10-13(2)11-12-14(3)15(16)17/h12-13H,4-11H2,1-3H3,(H,16,17)/b14-12+. The highest BCUT2D eigenvalue weighted by atomic mass is 16.4. The summed E-state index contributed by atoms with van der Waals surface area (Å²) in [6, 6.07) is 0. The van der Waals surface area contributed by atoms with Gasteiger partial charge in [0.25, 0.3) is 0 Å². The molecule has 0 fully saturated rings. The summed E-state index contributed by atoms with van der Waals surface area (Å²) in [6.45, 7) is 6.11. The van der Waals surface area contributed by atoms with Gasteiger partial charge in [-0.3, -0.25) is 0 Å². The minimum Gasteiger partial charge on any atom is -0.478 e. The molecular formula is C15H28O2. The third-order valence-corrected chi connectivity index (χ3v) is 3.21. The van der Waals surface area contributed by atoms with Crippen molar-refractivity contribution in [3.8, 4) is 0 Å². The Kier molecular flexibility index (Phi) is 9.89. The van der Waals surface area contributed by atoms with Crippen LogP contribution in [0.2, 0.25) is 0 Å². The largest absolute Gasteiger partial charge is 0.478 e. The molecule has 0 aromatic carbocycles. The lowest BCUT2D eigenvalue weighted by atomic mass is 9.98. The van der Waals surface area contributed by atoms with E-state index in [0.29, 0.717) is 11.5 Å². The van der Waals surface area contributed by atoms with Crippen LogP contribution in [0.15, 0.2) is 11.6 Å². The summed E-state index contributed by atoms with van der Waals surface area (Å²) >= 11 is 0. The van der Waals surface area contributed by atoms with Gasteiger partial charge in [-0.1, -0.05) is 64.9 Å². The number of rotatable bonds is 10. The highest BCUT2D eigenvalue weighted by Crippen LogP contribution is 2.15. The first-order valence-corrected chi connectivity index (χ1v) is 6.98. The van der Waals surface area contributed by atoms with Gasteiger partial charge in [-0.05, 0) is 19.3 Å². The van der Waals surface area contributed by atoms with E-state index in [-0.39, 0.29) is 0 Å². The summed E-state index contributed by atoms with van der Waals surface area (Å²) in [7, 11) is 0. The Morgan fingerprint density at radius 2 is 1.76 bits per heavy atom. The van der Waals surface area contributed by atoms with Crippen LogP contribution in [-0.2, 0) is 4.79 Å². The van der Waals surface area contributed by atoms with Gasteiger partial charge in [-0.15, -0.1) is 0 Å². The molecule has 0 heterocycles. The molecule has 2 heteroatoms. The van der Waals surface area contributed by atoms with E-state index in [9.17, 15) is 4.79 Å². The molecule has 1 unspecified atom stereocenters. The van der Waals surface area contributed by atoms with Gasteiger partial charge in [0, 0.05) is 5.57 Å². The predicted octanol–water partition coefficient (Wildman–Crippen LogP) is 4.79. The molecule has 0 aliphatic carbocycles. The molecule has 0 bridgehead atoms. The van der Waals surface area contributed by atoms with Crippen molar-refractivity contribution >= 4 is 5.97 Å². The summed E-state index contributed by atoms with van der Waals surface area (Å²) in [5, 5.41) is 8.72. The van der Waals surface area contributed by atoms with Gasteiger partial charge in [0.05, 0.1) is 0 Å². The number of aliphatic carboxylic acids is 1. The molecule has 2 nitrogen and oxygen atoms in total. The topological polar surface area (TPSA) is 37.3 Å². The van der Waals surface area contributed by atoms with Gasteiger partial charge in [-0.25, -0.2) is 4.79 Å². The summed E-state index contributed by atoms with van der Waals surface area (Å²) in [6.07, 6.45) is 11.9. The molecule has 0 amide bonds. The maximum atomic E-state index is 10.6. The van der Waals surface area contributed by atoms with Gasteiger partial charge >= 0.3 is 5.97 Å². The average Bonchev–Trinajstić information content (AvgIpc) is 2.30. The molecular weight excluding hydrogens is 212 g/mol. The second-order valence-electron chi connectivity index (χ2n) is 5.09. The van der Waals surface area contributed by atoms with Crippen LogP contribution < -0.4 is 0 Å². The second-order valence-corrected chi connectivity index (χ2v) is 5.09. The van der Waals surface area contributed by atoms with Gasteiger partial charge in [0.2, 0.25) is 0 Å². The molecule has 0 radical (unpaired) electrons. The molecule has 0 aromatic heterocycles. The molecule has 100 valence electrons. The Hall–Kier alpha value is -0.790. The molecule has 1 N–H and O–H groups in total. The first-order chi connectivity index (χ1) is 8.07. The van der Waals surface area contributed by atoms with Crippen LogP contribution >= 0.6 is 0 Å². The van der Waals surface area contributed by atoms with E-state index >= 15 is 0 Å². The van der Waals surface area contributed by atoms with Crippen LogP contribution in [0, 0.1) is 5.92 Å². The molecule has 0 spiro atoms. The van der Waals surface area contributed by atoms with Gasteiger partial charge in [-0.2, -0.15) is 0 Å². The zero-order valence-corrected chi connectivity index (χ0v) is 11.7. The Bertz CT molecular complexity index is 231. The zero-order valence-electron chi connectivity index (χ0n) is 11.7. The number of carboxylic acid groups (broad SMARTS) is 1. The van der Waals surface area contributed by atoms with Crippen LogP contribution in [-0.4, -0.2) is 11.1 Å². The highest BCUT2D eigenvalue weighted by Gasteiger charge is 2.03. The van der Waals surface area contributed by atoms with E-state index in [0.717, 1.165) is 6.42 Å². The minimum absolute atomic E-state index is 0.472. The number of carboxylic acids is 1. The molecule has 1 atom stereocenters. The molecule has 0 saturated heterocycles. The van der Waals surface area contributed by atoms with Gasteiger partial charge in [0.1, 0.15) is 0 Å². The number of hydrogen-bond acceptors (Lipinski definition) is 1. The number of allylic oxidation sites excluding steroid dienone is 1. The van der Waals surface area contributed by atoms with Crippen LogP contribution in [0.1, 0.15) is 72.1 Å². The Labute approximate surface area is 106 Å². The lowest BCUT2D eigenvalue weighted by Crippen LogP contribution is -1.98. The van der Waals surface area contributed by atoms with Gasteiger partial charge < -0.3 is 5.11 Å². The summed E-state index contributed by atoms with van der Waals surface area (Å²) in [4.78, 5) is 10.6. The summed E-state index contributed by atoms with van der Waals surface area (Å²) in [5.74, 6) is -0.188. The predicted molar refractivity (Wildman–Crippen MR) is 73.2 cm³/mol. The van der Waals surface area contributed by atoms with Crippen LogP contribution in [0.3, 0.4) is 0 Å². The molecule has 0 aliphatic heterocycles. The SMILES string of the molecule is CCCCCCCCC(C)C/C=C(\C)C(=O)O. The molecule has 0 aliphatic rings. The number of carbonyl (C=O) groups is 1. The van der Waals surface area contributed by atoms with Crippen LogP contribution in [0.5, 0.6) is 0 Å². The van der Waals surface area contributed by atoms with Crippen molar-refractivity contribution in [2.24, 2.45) is 5.92 Å². The monoisotopic (exact) mass is 240 g/mol. The lowest BCUT2D eigenvalue weighted by Gasteiger charge is -2.08. The van der Waals surface area contributed by atoms with E-state index in [1.54, 1.807) is 6.92 Å². The van der Waals surface area contributed by atoms with E-state index in [4.69, 9.17) is 5.11 Å². The van der Waals surface area contributed by atoms with Crippen molar-refractivity contribution in [1.82, 2.24) is 0 Å². The number of hydrogen-bond donors (Lipinski definition) is 1. The highest BCUT2D eigenvalue weighted by molar-refractivity contribution is 5.85. The quantitative estimate of drug-likeness (QED) is 0.440. The fourth-order valence-electron chi connectivity index (χ4n) is 1.86. The van der Waals surface area contributed by atoms with Crippen molar-refractivity contribution in [1.29, 1.82) is 0 Å². The van der Waals surface area contributed by atoms with Crippen molar-refractivity contribution < 1.29 is 9.90 Å². The van der Waals surface area contributed by atoms with Gasteiger partial charge in [0.15, 0.2) is 0 Å². The van der Waals surface area contributed by atoms with E-state index in [1.165, 1.54) is 44.9 Å². The van der Waals surface area contributed by atoms with Crippen LogP contribution in [0.4, 0.5) is 0 Å². The van der Waals surface area contributed by atoms with Crippen molar-refractivity contribution in [3.05, 3.63) is 11.6 Å². The summed E-state index contributed by atoms with van der Waals surface area (Å²) < 4.78 is 0. The smallest absolute Gasteiger partial charge is 0.330 e. The fraction of sp³-hybridized carbons (Fsp3) is 0.800.